The van der Waals surface area contributed by atoms with Gasteiger partial charge in [0.05, 0.1) is 11.4 Å². The fourth-order valence-electron chi connectivity index (χ4n) is 2.34. The minimum absolute atomic E-state index is 0.215. The molecule has 2 aromatic carbocycles. The van der Waals surface area contributed by atoms with E-state index in [0.29, 0.717) is 11.4 Å². The van der Waals surface area contributed by atoms with Crippen LogP contribution < -0.4 is 0 Å². The lowest BCUT2D eigenvalue weighted by molar-refractivity contribution is -0.123. The molecule has 1 aliphatic rings. The number of carbonyl (C=O) groups excluding carboxylic acids is 2. The number of hydrogen-bond acceptors (Lipinski definition) is 3. The summed E-state index contributed by atoms with van der Waals surface area (Å²) in [5.74, 6) is -0.222. The molecule has 0 unspecified atom stereocenters. The molecule has 3 rings (SSSR count). The Balaban J connectivity index is 1.81. The molecule has 0 saturated carbocycles. The predicted molar refractivity (Wildman–Crippen MR) is 102 cm³/mol. The van der Waals surface area contributed by atoms with Crippen LogP contribution in [-0.4, -0.2) is 16.0 Å². The van der Waals surface area contributed by atoms with Crippen molar-refractivity contribution in [2.75, 3.05) is 0 Å². The van der Waals surface area contributed by atoms with Crippen LogP contribution in [-0.2, 0) is 11.3 Å². The zero-order valence-electron chi connectivity index (χ0n) is 12.5. The highest BCUT2D eigenvalue weighted by molar-refractivity contribution is 14.1. The standard InChI is InChI=1S/C18H14INO2S/c1-12-3-2-4-14(9-12)11-20-17(21)16(23-18(20)22)10-13-5-7-15(19)8-6-13/h2-10H,11H2,1H3/b16-10-. The summed E-state index contributed by atoms with van der Waals surface area (Å²) < 4.78 is 1.13. The topological polar surface area (TPSA) is 37.4 Å². The second-order valence-electron chi connectivity index (χ2n) is 5.31. The van der Waals surface area contributed by atoms with Crippen molar-refractivity contribution in [1.29, 1.82) is 0 Å². The van der Waals surface area contributed by atoms with Crippen LogP contribution in [0.2, 0.25) is 0 Å². The monoisotopic (exact) mass is 435 g/mol. The number of hydrogen-bond donors (Lipinski definition) is 0. The lowest BCUT2D eigenvalue weighted by Crippen LogP contribution is -2.27. The van der Waals surface area contributed by atoms with Crippen molar-refractivity contribution >= 4 is 51.6 Å². The second-order valence-corrected chi connectivity index (χ2v) is 7.55. The first-order valence-electron chi connectivity index (χ1n) is 7.09. The highest BCUT2D eigenvalue weighted by atomic mass is 127. The van der Waals surface area contributed by atoms with E-state index in [9.17, 15) is 9.59 Å². The number of imide groups is 1. The summed E-state index contributed by atoms with van der Waals surface area (Å²) in [6.07, 6.45) is 1.78. The van der Waals surface area contributed by atoms with E-state index in [1.54, 1.807) is 6.08 Å². The quantitative estimate of drug-likeness (QED) is 0.512. The van der Waals surface area contributed by atoms with E-state index < -0.39 is 0 Å². The van der Waals surface area contributed by atoms with E-state index in [-0.39, 0.29) is 11.1 Å². The first-order chi connectivity index (χ1) is 11.0. The Morgan fingerprint density at radius 3 is 2.57 bits per heavy atom. The first kappa shape index (κ1) is 16.3. The molecule has 0 bridgehead atoms. The molecule has 2 aromatic rings. The molecule has 0 atom stereocenters. The van der Waals surface area contributed by atoms with Crippen molar-refractivity contribution in [3.05, 3.63) is 73.7 Å². The summed E-state index contributed by atoms with van der Waals surface area (Å²) in [7, 11) is 0. The molecule has 1 heterocycles. The average molecular weight is 435 g/mol. The summed E-state index contributed by atoms with van der Waals surface area (Å²) in [6.45, 7) is 2.31. The minimum atomic E-state index is -0.222. The molecule has 1 aliphatic heterocycles. The van der Waals surface area contributed by atoms with Crippen molar-refractivity contribution in [2.24, 2.45) is 0 Å². The number of rotatable bonds is 3. The van der Waals surface area contributed by atoms with Gasteiger partial charge in [-0.1, -0.05) is 42.0 Å². The number of carbonyl (C=O) groups is 2. The minimum Gasteiger partial charge on any atom is -0.268 e. The maximum atomic E-state index is 12.5. The Labute approximate surface area is 152 Å². The third-order valence-electron chi connectivity index (χ3n) is 3.46. The van der Waals surface area contributed by atoms with Crippen molar-refractivity contribution in [2.45, 2.75) is 13.5 Å². The average Bonchev–Trinajstić information content (AvgIpc) is 2.77. The third kappa shape index (κ3) is 3.84. The fraction of sp³-hybridized carbons (Fsp3) is 0.111. The molecule has 0 radical (unpaired) electrons. The van der Waals surface area contributed by atoms with Crippen LogP contribution in [0.15, 0.2) is 53.4 Å². The van der Waals surface area contributed by atoms with Crippen molar-refractivity contribution in [3.8, 4) is 0 Å². The Morgan fingerprint density at radius 1 is 1.13 bits per heavy atom. The van der Waals surface area contributed by atoms with Gasteiger partial charge in [-0.05, 0) is 70.6 Å². The lowest BCUT2D eigenvalue weighted by atomic mass is 10.1. The van der Waals surface area contributed by atoms with Crippen LogP contribution in [0.25, 0.3) is 6.08 Å². The number of aryl methyl sites for hydroxylation is 1. The van der Waals surface area contributed by atoms with E-state index in [2.05, 4.69) is 22.6 Å². The van der Waals surface area contributed by atoms with Gasteiger partial charge < -0.3 is 0 Å². The maximum Gasteiger partial charge on any atom is 0.293 e. The van der Waals surface area contributed by atoms with Crippen LogP contribution in [0.5, 0.6) is 0 Å². The first-order valence-corrected chi connectivity index (χ1v) is 8.99. The molecule has 116 valence electrons. The summed E-state index contributed by atoms with van der Waals surface area (Å²) in [6, 6.07) is 15.7. The number of halogens is 1. The normalized spacial score (nSPS) is 16.4. The zero-order chi connectivity index (χ0) is 16.4. The van der Waals surface area contributed by atoms with Gasteiger partial charge in [0.15, 0.2) is 0 Å². The fourth-order valence-corrected chi connectivity index (χ4v) is 3.54. The highest BCUT2D eigenvalue weighted by Crippen LogP contribution is 2.33. The van der Waals surface area contributed by atoms with Crippen molar-refractivity contribution in [1.82, 2.24) is 4.90 Å². The predicted octanol–water partition coefficient (Wildman–Crippen LogP) is 4.84. The molecule has 2 amide bonds. The molecule has 0 aliphatic carbocycles. The Kier molecular flexibility index (Phi) is 4.87. The molecular formula is C18H14INO2S. The van der Waals surface area contributed by atoms with Crippen molar-refractivity contribution < 1.29 is 9.59 Å². The van der Waals surface area contributed by atoms with Gasteiger partial charge >= 0.3 is 0 Å². The lowest BCUT2D eigenvalue weighted by Gasteiger charge is -2.12. The molecule has 3 nitrogen and oxygen atoms in total. The number of benzene rings is 2. The van der Waals surface area contributed by atoms with E-state index >= 15 is 0 Å². The largest absolute Gasteiger partial charge is 0.293 e. The van der Waals surface area contributed by atoms with E-state index in [1.165, 1.54) is 4.90 Å². The molecule has 0 N–H and O–H groups in total. The summed E-state index contributed by atoms with van der Waals surface area (Å²) in [5.41, 5.74) is 3.00. The summed E-state index contributed by atoms with van der Waals surface area (Å²) in [5, 5.41) is -0.215. The Morgan fingerprint density at radius 2 is 1.87 bits per heavy atom. The van der Waals surface area contributed by atoms with Crippen LogP contribution in [0.3, 0.4) is 0 Å². The second kappa shape index (κ2) is 6.88. The van der Waals surface area contributed by atoms with Gasteiger partial charge in [-0.2, -0.15) is 0 Å². The van der Waals surface area contributed by atoms with E-state index in [0.717, 1.165) is 32.0 Å². The summed E-state index contributed by atoms with van der Waals surface area (Å²) in [4.78, 5) is 26.4. The van der Waals surface area contributed by atoms with Gasteiger partial charge in [-0.3, -0.25) is 14.5 Å². The van der Waals surface area contributed by atoms with Crippen LogP contribution in [0.1, 0.15) is 16.7 Å². The van der Waals surface area contributed by atoms with Gasteiger partial charge in [0, 0.05) is 3.57 Å². The van der Waals surface area contributed by atoms with Crippen LogP contribution >= 0.6 is 34.4 Å². The van der Waals surface area contributed by atoms with Gasteiger partial charge in [0.2, 0.25) is 0 Å². The molecule has 5 heteroatoms. The zero-order valence-corrected chi connectivity index (χ0v) is 15.4. The van der Waals surface area contributed by atoms with Gasteiger partial charge in [-0.15, -0.1) is 0 Å². The molecule has 1 saturated heterocycles. The molecular weight excluding hydrogens is 421 g/mol. The van der Waals surface area contributed by atoms with E-state index in [4.69, 9.17) is 0 Å². The van der Waals surface area contributed by atoms with Gasteiger partial charge in [-0.25, -0.2) is 0 Å². The van der Waals surface area contributed by atoms with Crippen LogP contribution in [0.4, 0.5) is 4.79 Å². The SMILES string of the molecule is Cc1cccc(CN2C(=O)S/C(=C\c3ccc(I)cc3)C2=O)c1. The number of thioether (sulfide) groups is 1. The smallest absolute Gasteiger partial charge is 0.268 e. The molecule has 0 spiro atoms. The maximum absolute atomic E-state index is 12.5. The molecule has 1 fully saturated rings. The highest BCUT2D eigenvalue weighted by Gasteiger charge is 2.34. The van der Waals surface area contributed by atoms with Gasteiger partial charge in [0.25, 0.3) is 11.1 Å². The molecule has 0 aromatic heterocycles. The third-order valence-corrected chi connectivity index (χ3v) is 5.09. The Hall–Kier alpha value is -1.60. The number of amides is 2. The van der Waals surface area contributed by atoms with Crippen LogP contribution in [0, 0.1) is 10.5 Å². The van der Waals surface area contributed by atoms with Gasteiger partial charge in [0.1, 0.15) is 0 Å². The number of nitrogens with zero attached hydrogens (tertiary/aromatic N) is 1. The molecule has 23 heavy (non-hydrogen) atoms. The Bertz CT molecular complexity index is 799. The summed E-state index contributed by atoms with van der Waals surface area (Å²) >= 11 is 3.23. The van der Waals surface area contributed by atoms with E-state index in [1.807, 2.05) is 55.5 Å². The van der Waals surface area contributed by atoms with Crippen molar-refractivity contribution in [3.63, 3.8) is 0 Å².